The fraction of sp³-hybridized carbons (Fsp3) is 0.235. The third-order valence-corrected chi connectivity index (χ3v) is 3.48. The summed E-state index contributed by atoms with van der Waals surface area (Å²) in [7, 11) is 0. The Labute approximate surface area is 108 Å². The molecule has 1 aliphatic carbocycles. The first-order valence-corrected chi connectivity index (χ1v) is 6.63. The largest absolute Gasteiger partial charge is 0.256 e. The maximum absolute atomic E-state index is 4.59. The molecule has 3 rings (SSSR count). The third kappa shape index (κ3) is 2.35. The number of allylic oxidation sites excluding steroid dienone is 1. The molecule has 0 unspecified atom stereocenters. The Morgan fingerprint density at radius 3 is 2.61 bits per heavy atom. The molecule has 0 spiro atoms. The summed E-state index contributed by atoms with van der Waals surface area (Å²) in [4.78, 5) is 4.59. The van der Waals surface area contributed by atoms with E-state index < -0.39 is 0 Å². The summed E-state index contributed by atoms with van der Waals surface area (Å²) in [6.45, 7) is 0. The van der Waals surface area contributed by atoms with Crippen LogP contribution in [0.15, 0.2) is 48.7 Å². The molecule has 1 heteroatoms. The fourth-order valence-electron chi connectivity index (χ4n) is 2.57. The summed E-state index contributed by atoms with van der Waals surface area (Å²) in [5.41, 5.74) is 5.26. The summed E-state index contributed by atoms with van der Waals surface area (Å²) >= 11 is 0. The normalized spacial score (nSPS) is 17.2. The van der Waals surface area contributed by atoms with Gasteiger partial charge >= 0.3 is 0 Å². The van der Waals surface area contributed by atoms with Gasteiger partial charge in [0.15, 0.2) is 0 Å². The van der Waals surface area contributed by atoms with Crippen molar-refractivity contribution in [1.29, 1.82) is 0 Å². The SMILES string of the molecule is C(=C1\CCCCc2cccnc21)/c1ccccc1. The van der Waals surface area contributed by atoms with Crippen LogP contribution in [0.2, 0.25) is 0 Å². The van der Waals surface area contributed by atoms with Gasteiger partial charge in [-0.15, -0.1) is 0 Å². The molecule has 0 fully saturated rings. The van der Waals surface area contributed by atoms with Crippen molar-refractivity contribution in [1.82, 2.24) is 4.98 Å². The zero-order valence-corrected chi connectivity index (χ0v) is 10.5. The van der Waals surface area contributed by atoms with E-state index in [9.17, 15) is 0 Å². The highest BCUT2D eigenvalue weighted by atomic mass is 14.7. The predicted octanol–water partition coefficient (Wildman–Crippen LogP) is 4.35. The Bertz CT molecular complexity index is 555. The average Bonchev–Trinajstić information content (AvgIpc) is 2.63. The van der Waals surface area contributed by atoms with Crippen molar-refractivity contribution >= 4 is 11.6 Å². The second-order valence-corrected chi connectivity index (χ2v) is 4.80. The highest BCUT2D eigenvalue weighted by Crippen LogP contribution is 2.29. The molecule has 90 valence electrons. The van der Waals surface area contributed by atoms with E-state index in [1.54, 1.807) is 0 Å². The lowest BCUT2D eigenvalue weighted by molar-refractivity contribution is 0.771. The van der Waals surface area contributed by atoms with E-state index >= 15 is 0 Å². The minimum atomic E-state index is 1.14. The highest BCUT2D eigenvalue weighted by Gasteiger charge is 2.12. The molecule has 0 radical (unpaired) electrons. The van der Waals surface area contributed by atoms with Crippen molar-refractivity contribution in [2.24, 2.45) is 0 Å². The number of pyridine rings is 1. The predicted molar refractivity (Wildman–Crippen MR) is 76.1 cm³/mol. The molecule has 1 aromatic carbocycles. The summed E-state index contributed by atoms with van der Waals surface area (Å²) in [6.07, 6.45) is 9.02. The molecule has 0 bridgehead atoms. The van der Waals surface area contributed by atoms with Crippen LogP contribution < -0.4 is 0 Å². The number of aromatic nitrogens is 1. The molecule has 1 heterocycles. The molecule has 1 aromatic heterocycles. The molecule has 0 atom stereocenters. The van der Waals surface area contributed by atoms with E-state index in [1.807, 2.05) is 12.3 Å². The first kappa shape index (κ1) is 11.2. The number of benzene rings is 1. The standard InChI is InChI=1S/C17H17N/c1-2-7-14(8-3-1)13-16-10-5-4-9-15-11-6-12-18-17(15)16/h1-3,6-8,11-13H,4-5,9-10H2/b16-13-. The number of rotatable bonds is 1. The van der Waals surface area contributed by atoms with Gasteiger partial charge in [0.25, 0.3) is 0 Å². The van der Waals surface area contributed by atoms with Gasteiger partial charge in [0, 0.05) is 6.20 Å². The first-order chi connectivity index (χ1) is 8.93. The summed E-state index contributed by atoms with van der Waals surface area (Å²) in [6, 6.07) is 14.8. The zero-order chi connectivity index (χ0) is 12.2. The van der Waals surface area contributed by atoms with E-state index in [2.05, 4.69) is 47.5 Å². The van der Waals surface area contributed by atoms with E-state index in [0.717, 1.165) is 12.8 Å². The van der Waals surface area contributed by atoms with Gasteiger partial charge in [0.2, 0.25) is 0 Å². The molecule has 0 aliphatic heterocycles. The van der Waals surface area contributed by atoms with Crippen LogP contribution in [0, 0.1) is 0 Å². The number of hydrogen-bond acceptors (Lipinski definition) is 1. The average molecular weight is 235 g/mol. The van der Waals surface area contributed by atoms with Crippen LogP contribution in [0.25, 0.3) is 11.6 Å². The highest BCUT2D eigenvalue weighted by molar-refractivity contribution is 5.81. The van der Waals surface area contributed by atoms with Gasteiger partial charge < -0.3 is 0 Å². The van der Waals surface area contributed by atoms with Crippen molar-refractivity contribution < 1.29 is 0 Å². The second-order valence-electron chi connectivity index (χ2n) is 4.80. The maximum Gasteiger partial charge on any atom is 0.0693 e. The van der Waals surface area contributed by atoms with Crippen LogP contribution in [0.1, 0.15) is 36.1 Å². The van der Waals surface area contributed by atoms with Crippen LogP contribution in [0.5, 0.6) is 0 Å². The molecular formula is C17H17N. The molecule has 0 saturated carbocycles. The van der Waals surface area contributed by atoms with Crippen molar-refractivity contribution in [3.05, 3.63) is 65.5 Å². The Morgan fingerprint density at radius 2 is 1.72 bits per heavy atom. The van der Waals surface area contributed by atoms with Crippen LogP contribution in [-0.2, 0) is 6.42 Å². The van der Waals surface area contributed by atoms with E-state index in [1.165, 1.54) is 35.2 Å². The number of nitrogens with zero attached hydrogens (tertiary/aromatic N) is 1. The molecule has 0 amide bonds. The lowest BCUT2D eigenvalue weighted by atomic mass is 10.0. The maximum atomic E-state index is 4.59. The Balaban J connectivity index is 2.04. The first-order valence-electron chi connectivity index (χ1n) is 6.63. The topological polar surface area (TPSA) is 12.9 Å². The summed E-state index contributed by atoms with van der Waals surface area (Å²) in [5.74, 6) is 0. The van der Waals surface area contributed by atoms with E-state index in [4.69, 9.17) is 0 Å². The second kappa shape index (κ2) is 5.18. The van der Waals surface area contributed by atoms with Gasteiger partial charge in [-0.1, -0.05) is 36.4 Å². The zero-order valence-electron chi connectivity index (χ0n) is 10.5. The lowest BCUT2D eigenvalue weighted by Crippen LogP contribution is -1.93. The van der Waals surface area contributed by atoms with Gasteiger partial charge in [-0.2, -0.15) is 0 Å². The van der Waals surface area contributed by atoms with Crippen LogP contribution >= 0.6 is 0 Å². The molecular weight excluding hydrogens is 218 g/mol. The summed E-state index contributed by atoms with van der Waals surface area (Å²) < 4.78 is 0. The molecule has 1 aliphatic rings. The van der Waals surface area contributed by atoms with Crippen LogP contribution in [0.4, 0.5) is 0 Å². The van der Waals surface area contributed by atoms with Crippen molar-refractivity contribution in [3.63, 3.8) is 0 Å². The van der Waals surface area contributed by atoms with Crippen LogP contribution in [0.3, 0.4) is 0 Å². The summed E-state index contributed by atoms with van der Waals surface area (Å²) in [5, 5.41) is 0. The van der Waals surface area contributed by atoms with Crippen LogP contribution in [-0.4, -0.2) is 4.98 Å². The molecule has 0 N–H and O–H groups in total. The van der Waals surface area contributed by atoms with Crippen molar-refractivity contribution in [2.75, 3.05) is 0 Å². The minimum absolute atomic E-state index is 1.14. The minimum Gasteiger partial charge on any atom is -0.256 e. The van der Waals surface area contributed by atoms with E-state index in [-0.39, 0.29) is 0 Å². The van der Waals surface area contributed by atoms with Gasteiger partial charge in [-0.05, 0) is 54.5 Å². The smallest absolute Gasteiger partial charge is 0.0693 e. The Morgan fingerprint density at radius 1 is 0.889 bits per heavy atom. The third-order valence-electron chi connectivity index (χ3n) is 3.48. The van der Waals surface area contributed by atoms with E-state index in [0.29, 0.717) is 0 Å². The molecule has 0 saturated heterocycles. The number of aryl methyl sites for hydroxylation is 1. The molecule has 1 nitrogen and oxygen atoms in total. The lowest BCUT2D eigenvalue weighted by Gasteiger charge is -2.07. The van der Waals surface area contributed by atoms with Gasteiger partial charge in [0.05, 0.1) is 5.69 Å². The molecule has 2 aromatic rings. The monoisotopic (exact) mass is 235 g/mol. The van der Waals surface area contributed by atoms with Crippen molar-refractivity contribution in [3.8, 4) is 0 Å². The van der Waals surface area contributed by atoms with Gasteiger partial charge in [0.1, 0.15) is 0 Å². The number of hydrogen-bond donors (Lipinski definition) is 0. The van der Waals surface area contributed by atoms with Gasteiger partial charge in [-0.3, -0.25) is 4.98 Å². The van der Waals surface area contributed by atoms with Crippen molar-refractivity contribution in [2.45, 2.75) is 25.7 Å². The molecule has 18 heavy (non-hydrogen) atoms. The Hall–Kier alpha value is -1.89. The Kier molecular flexibility index (Phi) is 3.22. The number of fused-ring (bicyclic) bond motifs is 1. The fourth-order valence-corrected chi connectivity index (χ4v) is 2.57. The van der Waals surface area contributed by atoms with Gasteiger partial charge in [-0.25, -0.2) is 0 Å². The quantitative estimate of drug-likeness (QED) is 0.670.